The molecule has 5 nitrogen and oxygen atoms in total. The zero-order valence-electron chi connectivity index (χ0n) is 10.8. The normalized spacial score (nSPS) is 16.3. The minimum Gasteiger partial charge on any atom is -0.494 e. The van der Waals surface area contributed by atoms with E-state index in [1.165, 1.54) is 0 Å². The Kier molecular flexibility index (Phi) is 3.74. The highest BCUT2D eigenvalue weighted by molar-refractivity contribution is 5.98. The minimum atomic E-state index is -1.08. The first-order valence-electron chi connectivity index (χ1n) is 6.36. The van der Waals surface area contributed by atoms with Crippen molar-refractivity contribution in [2.45, 2.75) is 31.7 Å². The predicted octanol–water partition coefficient (Wildman–Crippen LogP) is 1.82. The van der Waals surface area contributed by atoms with Crippen LogP contribution in [0.1, 0.15) is 36.5 Å². The highest BCUT2D eigenvalue weighted by Crippen LogP contribution is 2.32. The third-order valence-electron chi connectivity index (χ3n) is 3.38. The van der Waals surface area contributed by atoms with E-state index in [1.54, 1.807) is 24.3 Å². The van der Waals surface area contributed by atoms with E-state index in [2.05, 4.69) is 5.32 Å². The van der Waals surface area contributed by atoms with E-state index in [9.17, 15) is 14.7 Å². The molecule has 0 aromatic heterocycles. The molecule has 1 amide bonds. The first-order chi connectivity index (χ1) is 9.07. The Labute approximate surface area is 111 Å². The van der Waals surface area contributed by atoms with Crippen LogP contribution < -0.4 is 10.1 Å². The molecule has 0 bridgehead atoms. The van der Waals surface area contributed by atoms with Gasteiger partial charge in [0, 0.05) is 5.56 Å². The van der Waals surface area contributed by atoms with Crippen LogP contribution >= 0.6 is 0 Å². The molecular weight excluding hydrogens is 246 g/mol. The van der Waals surface area contributed by atoms with Gasteiger partial charge in [-0.05, 0) is 44.4 Å². The van der Waals surface area contributed by atoms with Gasteiger partial charge in [0.1, 0.15) is 11.3 Å². The summed E-state index contributed by atoms with van der Waals surface area (Å²) >= 11 is 0. The lowest BCUT2D eigenvalue weighted by Gasteiger charge is -2.38. The van der Waals surface area contributed by atoms with Crippen molar-refractivity contribution in [3.8, 4) is 5.75 Å². The van der Waals surface area contributed by atoms with Gasteiger partial charge in [0.2, 0.25) is 0 Å². The second-order valence-corrected chi connectivity index (χ2v) is 4.66. The standard InChI is InChI=1S/C14H17NO4/c1-2-19-11-6-3-5-10(9-11)12(16)15-14(13(17)18)7-4-8-14/h3,5-6,9H,2,4,7-8H2,1H3,(H,15,16)(H,17,18). The van der Waals surface area contributed by atoms with Crippen molar-refractivity contribution in [2.24, 2.45) is 0 Å². The number of carbonyl (C=O) groups excluding carboxylic acids is 1. The molecule has 0 aliphatic heterocycles. The fourth-order valence-corrected chi connectivity index (χ4v) is 2.11. The predicted molar refractivity (Wildman–Crippen MR) is 69.3 cm³/mol. The minimum absolute atomic E-state index is 0.372. The summed E-state index contributed by atoms with van der Waals surface area (Å²) in [6.07, 6.45) is 1.80. The third-order valence-corrected chi connectivity index (χ3v) is 3.38. The van der Waals surface area contributed by atoms with Gasteiger partial charge in [-0.3, -0.25) is 4.79 Å². The number of carboxylic acid groups (broad SMARTS) is 1. The number of aliphatic carboxylic acids is 1. The van der Waals surface area contributed by atoms with Gasteiger partial charge in [-0.1, -0.05) is 6.07 Å². The lowest BCUT2D eigenvalue weighted by atomic mass is 9.76. The van der Waals surface area contributed by atoms with Gasteiger partial charge >= 0.3 is 5.97 Å². The molecule has 0 unspecified atom stereocenters. The summed E-state index contributed by atoms with van der Waals surface area (Å²) in [5.74, 6) is -0.732. The lowest BCUT2D eigenvalue weighted by Crippen LogP contribution is -2.59. The monoisotopic (exact) mass is 263 g/mol. The van der Waals surface area contributed by atoms with Gasteiger partial charge in [-0.2, -0.15) is 0 Å². The Hall–Kier alpha value is -2.04. The number of amides is 1. The molecule has 0 atom stereocenters. The number of carbonyl (C=O) groups is 2. The van der Waals surface area contributed by atoms with Crippen molar-refractivity contribution in [1.29, 1.82) is 0 Å². The third kappa shape index (κ3) is 2.70. The summed E-state index contributed by atoms with van der Waals surface area (Å²) in [6.45, 7) is 2.38. The van der Waals surface area contributed by atoms with Gasteiger partial charge in [0.15, 0.2) is 0 Å². The fraction of sp³-hybridized carbons (Fsp3) is 0.429. The highest BCUT2D eigenvalue weighted by atomic mass is 16.5. The van der Waals surface area contributed by atoms with E-state index in [4.69, 9.17) is 4.74 Å². The molecule has 1 aliphatic carbocycles. The van der Waals surface area contributed by atoms with Gasteiger partial charge < -0.3 is 15.2 Å². The molecule has 1 fully saturated rings. The molecule has 0 radical (unpaired) electrons. The Morgan fingerprint density at radius 3 is 2.68 bits per heavy atom. The maximum atomic E-state index is 12.1. The second kappa shape index (κ2) is 5.30. The van der Waals surface area contributed by atoms with E-state index in [0.29, 0.717) is 30.8 Å². The Morgan fingerprint density at radius 2 is 2.16 bits per heavy atom. The summed E-state index contributed by atoms with van der Waals surface area (Å²) < 4.78 is 5.32. The molecule has 2 N–H and O–H groups in total. The SMILES string of the molecule is CCOc1cccc(C(=O)NC2(C(=O)O)CCC2)c1. The van der Waals surface area contributed by atoms with Crippen molar-refractivity contribution in [3.63, 3.8) is 0 Å². The first kappa shape index (κ1) is 13.4. The molecule has 0 heterocycles. The quantitative estimate of drug-likeness (QED) is 0.849. The lowest BCUT2D eigenvalue weighted by molar-refractivity contribution is -0.148. The van der Waals surface area contributed by atoms with E-state index < -0.39 is 11.5 Å². The number of hydrogen-bond acceptors (Lipinski definition) is 3. The number of benzene rings is 1. The van der Waals surface area contributed by atoms with Crippen molar-refractivity contribution >= 4 is 11.9 Å². The molecule has 0 spiro atoms. The van der Waals surface area contributed by atoms with Gasteiger partial charge in [0.25, 0.3) is 5.91 Å². The first-order valence-corrected chi connectivity index (χ1v) is 6.36. The van der Waals surface area contributed by atoms with Crippen LogP contribution in [0.5, 0.6) is 5.75 Å². The largest absolute Gasteiger partial charge is 0.494 e. The number of ether oxygens (including phenoxy) is 1. The maximum absolute atomic E-state index is 12.1. The molecule has 19 heavy (non-hydrogen) atoms. The average molecular weight is 263 g/mol. The molecule has 1 saturated carbocycles. The van der Waals surface area contributed by atoms with Crippen LogP contribution in [-0.4, -0.2) is 29.1 Å². The Balaban J connectivity index is 2.11. The smallest absolute Gasteiger partial charge is 0.329 e. The average Bonchev–Trinajstić information content (AvgIpc) is 2.34. The van der Waals surface area contributed by atoms with Crippen molar-refractivity contribution in [1.82, 2.24) is 5.32 Å². The van der Waals surface area contributed by atoms with E-state index in [-0.39, 0.29) is 5.91 Å². The Morgan fingerprint density at radius 1 is 1.42 bits per heavy atom. The summed E-state index contributed by atoms with van der Waals surface area (Å²) in [4.78, 5) is 23.3. The van der Waals surface area contributed by atoms with Gasteiger partial charge in [-0.25, -0.2) is 4.79 Å². The van der Waals surface area contributed by atoms with Crippen LogP contribution in [0.4, 0.5) is 0 Å². The molecule has 102 valence electrons. The van der Waals surface area contributed by atoms with Crippen molar-refractivity contribution in [3.05, 3.63) is 29.8 Å². The summed E-state index contributed by atoms with van der Waals surface area (Å²) in [5, 5.41) is 11.8. The van der Waals surface area contributed by atoms with Crippen LogP contribution in [0.3, 0.4) is 0 Å². The number of carboxylic acids is 1. The number of nitrogens with one attached hydrogen (secondary N) is 1. The van der Waals surface area contributed by atoms with E-state index >= 15 is 0 Å². The fourth-order valence-electron chi connectivity index (χ4n) is 2.11. The van der Waals surface area contributed by atoms with E-state index in [0.717, 1.165) is 6.42 Å². The number of rotatable bonds is 5. The zero-order chi connectivity index (χ0) is 13.9. The van der Waals surface area contributed by atoms with Crippen LogP contribution in [0, 0.1) is 0 Å². The second-order valence-electron chi connectivity index (χ2n) is 4.66. The molecule has 2 rings (SSSR count). The summed E-state index contributed by atoms with van der Waals surface area (Å²) in [5.41, 5.74) is -0.669. The highest BCUT2D eigenvalue weighted by Gasteiger charge is 2.45. The zero-order valence-corrected chi connectivity index (χ0v) is 10.8. The molecule has 1 aliphatic rings. The van der Waals surface area contributed by atoms with Crippen LogP contribution in [0.2, 0.25) is 0 Å². The summed E-state index contributed by atoms with van der Waals surface area (Å²) in [6, 6.07) is 6.74. The molecular formula is C14H17NO4. The van der Waals surface area contributed by atoms with Gasteiger partial charge in [-0.15, -0.1) is 0 Å². The maximum Gasteiger partial charge on any atom is 0.329 e. The van der Waals surface area contributed by atoms with Crippen LogP contribution in [0.15, 0.2) is 24.3 Å². The molecule has 0 saturated heterocycles. The molecule has 1 aromatic rings. The summed E-state index contributed by atoms with van der Waals surface area (Å²) in [7, 11) is 0. The topological polar surface area (TPSA) is 75.6 Å². The number of hydrogen-bond donors (Lipinski definition) is 2. The van der Waals surface area contributed by atoms with Crippen molar-refractivity contribution in [2.75, 3.05) is 6.61 Å². The molecule has 5 heteroatoms. The van der Waals surface area contributed by atoms with Crippen molar-refractivity contribution < 1.29 is 19.4 Å². The van der Waals surface area contributed by atoms with E-state index in [1.807, 2.05) is 6.92 Å². The Bertz CT molecular complexity index is 494. The van der Waals surface area contributed by atoms with Gasteiger partial charge in [0.05, 0.1) is 6.61 Å². The molecule has 1 aromatic carbocycles. The van der Waals surface area contributed by atoms with Crippen LogP contribution in [0.25, 0.3) is 0 Å². The van der Waals surface area contributed by atoms with Crippen LogP contribution in [-0.2, 0) is 4.79 Å².